The Morgan fingerprint density at radius 3 is 2.38 bits per heavy atom. The molecule has 6 heteroatoms. The van der Waals surface area contributed by atoms with Gasteiger partial charge in [-0.2, -0.15) is 0 Å². The standard InChI is InChI=1S/C7H13NO4S/c1-2-5(7(8)11)13(12)4-3-6(9)10/h5H,2-4H2,1H3,(H2,8,11)(H,9,10). The van der Waals surface area contributed by atoms with Gasteiger partial charge in [-0.25, -0.2) is 0 Å². The van der Waals surface area contributed by atoms with Crippen molar-refractivity contribution < 1.29 is 18.9 Å². The van der Waals surface area contributed by atoms with Crippen LogP contribution in [0.5, 0.6) is 0 Å². The van der Waals surface area contributed by atoms with E-state index in [1.54, 1.807) is 6.92 Å². The van der Waals surface area contributed by atoms with Crippen LogP contribution in [0.1, 0.15) is 19.8 Å². The summed E-state index contributed by atoms with van der Waals surface area (Å²) in [5.41, 5.74) is 4.98. The number of carboxylic acids is 1. The van der Waals surface area contributed by atoms with E-state index in [0.717, 1.165) is 0 Å². The van der Waals surface area contributed by atoms with Gasteiger partial charge in [-0.05, 0) is 6.42 Å². The fourth-order valence-corrected chi connectivity index (χ4v) is 2.14. The van der Waals surface area contributed by atoms with E-state index < -0.39 is 27.9 Å². The van der Waals surface area contributed by atoms with Crippen LogP contribution >= 0.6 is 0 Å². The van der Waals surface area contributed by atoms with Gasteiger partial charge in [-0.3, -0.25) is 13.8 Å². The van der Waals surface area contributed by atoms with E-state index in [1.807, 2.05) is 0 Å². The average Bonchev–Trinajstić information content (AvgIpc) is 2.01. The summed E-state index contributed by atoms with van der Waals surface area (Å²) in [5, 5.41) is 7.58. The smallest absolute Gasteiger partial charge is 0.304 e. The molecule has 0 spiro atoms. The number of carboxylic acid groups (broad SMARTS) is 1. The molecular formula is C7H13NO4S. The molecule has 5 nitrogen and oxygen atoms in total. The maximum Gasteiger partial charge on any atom is 0.304 e. The second kappa shape index (κ2) is 5.69. The van der Waals surface area contributed by atoms with Crippen molar-refractivity contribution in [3.63, 3.8) is 0 Å². The van der Waals surface area contributed by atoms with Crippen LogP contribution in [-0.4, -0.2) is 32.2 Å². The normalized spacial score (nSPS) is 14.8. The zero-order chi connectivity index (χ0) is 10.4. The number of nitrogens with two attached hydrogens (primary N) is 1. The maximum absolute atomic E-state index is 11.3. The van der Waals surface area contributed by atoms with Crippen LogP contribution in [0.3, 0.4) is 0 Å². The van der Waals surface area contributed by atoms with Crippen molar-refractivity contribution in [3.05, 3.63) is 0 Å². The number of hydrogen-bond donors (Lipinski definition) is 2. The number of hydrogen-bond acceptors (Lipinski definition) is 3. The molecule has 0 saturated heterocycles. The van der Waals surface area contributed by atoms with Gasteiger partial charge in [0.2, 0.25) is 5.91 Å². The molecule has 3 N–H and O–H groups in total. The topological polar surface area (TPSA) is 97.5 Å². The molecule has 0 radical (unpaired) electrons. The van der Waals surface area contributed by atoms with Crippen LogP contribution in [-0.2, 0) is 20.4 Å². The molecule has 0 aromatic heterocycles. The largest absolute Gasteiger partial charge is 0.481 e. The van der Waals surface area contributed by atoms with E-state index >= 15 is 0 Å². The SMILES string of the molecule is CCC(C(N)=O)S(=O)CCC(=O)O. The van der Waals surface area contributed by atoms with E-state index in [-0.39, 0.29) is 12.2 Å². The van der Waals surface area contributed by atoms with Gasteiger partial charge in [0.05, 0.1) is 6.42 Å². The zero-order valence-electron chi connectivity index (χ0n) is 7.36. The predicted octanol–water partition coefficient (Wildman–Crippen LogP) is -0.526. The number of amides is 1. The van der Waals surface area contributed by atoms with E-state index in [9.17, 15) is 13.8 Å². The molecule has 0 aromatic carbocycles. The Bertz CT molecular complexity index is 229. The number of aliphatic carboxylic acids is 1. The Hall–Kier alpha value is -0.910. The number of carbonyl (C=O) groups excluding carboxylic acids is 1. The van der Waals surface area contributed by atoms with Crippen LogP contribution in [0.2, 0.25) is 0 Å². The molecule has 0 bridgehead atoms. The highest BCUT2D eigenvalue weighted by Crippen LogP contribution is 2.02. The number of rotatable bonds is 6. The third-order valence-corrected chi connectivity index (χ3v) is 3.33. The first-order valence-electron chi connectivity index (χ1n) is 3.87. The summed E-state index contributed by atoms with van der Waals surface area (Å²) in [6.45, 7) is 1.69. The third kappa shape index (κ3) is 4.62. The summed E-state index contributed by atoms with van der Waals surface area (Å²) in [7, 11) is -1.46. The lowest BCUT2D eigenvalue weighted by molar-refractivity contribution is -0.136. The van der Waals surface area contributed by atoms with Gasteiger partial charge in [-0.1, -0.05) is 6.92 Å². The summed E-state index contributed by atoms with van der Waals surface area (Å²) in [6.07, 6.45) is 0.179. The number of primary amides is 1. The van der Waals surface area contributed by atoms with Gasteiger partial charge in [-0.15, -0.1) is 0 Å². The zero-order valence-corrected chi connectivity index (χ0v) is 8.17. The van der Waals surface area contributed by atoms with Gasteiger partial charge in [0.25, 0.3) is 0 Å². The van der Waals surface area contributed by atoms with Crippen molar-refractivity contribution in [2.24, 2.45) is 5.73 Å². The Kier molecular flexibility index (Phi) is 5.29. The number of carbonyl (C=O) groups is 2. The molecule has 2 atom stereocenters. The molecule has 0 fully saturated rings. The van der Waals surface area contributed by atoms with Gasteiger partial charge < -0.3 is 10.8 Å². The van der Waals surface area contributed by atoms with Crippen molar-refractivity contribution in [1.29, 1.82) is 0 Å². The molecule has 13 heavy (non-hydrogen) atoms. The highest BCUT2D eigenvalue weighted by atomic mass is 32.2. The second-order valence-electron chi connectivity index (χ2n) is 2.53. The monoisotopic (exact) mass is 207 g/mol. The minimum atomic E-state index is -1.46. The highest BCUT2D eigenvalue weighted by molar-refractivity contribution is 7.86. The van der Waals surface area contributed by atoms with Crippen LogP contribution in [0.25, 0.3) is 0 Å². The van der Waals surface area contributed by atoms with Crippen molar-refractivity contribution in [2.45, 2.75) is 25.0 Å². The van der Waals surface area contributed by atoms with Crippen molar-refractivity contribution in [2.75, 3.05) is 5.75 Å². The molecule has 0 aromatic rings. The van der Waals surface area contributed by atoms with E-state index in [1.165, 1.54) is 0 Å². The third-order valence-electron chi connectivity index (χ3n) is 1.52. The van der Waals surface area contributed by atoms with Crippen LogP contribution in [0.15, 0.2) is 0 Å². The Morgan fingerprint density at radius 1 is 1.54 bits per heavy atom. The first-order valence-corrected chi connectivity index (χ1v) is 5.25. The fraction of sp³-hybridized carbons (Fsp3) is 0.714. The highest BCUT2D eigenvalue weighted by Gasteiger charge is 2.20. The average molecular weight is 207 g/mol. The predicted molar refractivity (Wildman–Crippen MR) is 48.5 cm³/mol. The minimum Gasteiger partial charge on any atom is -0.481 e. The molecule has 0 rings (SSSR count). The molecule has 76 valence electrons. The molecule has 0 aliphatic rings. The van der Waals surface area contributed by atoms with E-state index in [4.69, 9.17) is 10.8 Å². The lowest BCUT2D eigenvalue weighted by Crippen LogP contribution is -2.33. The summed E-state index contributed by atoms with van der Waals surface area (Å²) in [5.74, 6) is -1.67. The molecule has 0 saturated carbocycles. The molecule has 1 amide bonds. The van der Waals surface area contributed by atoms with E-state index in [2.05, 4.69) is 0 Å². The van der Waals surface area contributed by atoms with Gasteiger partial charge >= 0.3 is 5.97 Å². The Morgan fingerprint density at radius 2 is 2.08 bits per heavy atom. The van der Waals surface area contributed by atoms with Gasteiger partial charge in [0, 0.05) is 16.6 Å². The Labute approximate surface area is 78.8 Å². The van der Waals surface area contributed by atoms with Crippen LogP contribution in [0, 0.1) is 0 Å². The first-order chi connectivity index (χ1) is 5.99. The van der Waals surface area contributed by atoms with Crippen molar-refractivity contribution >= 4 is 22.7 Å². The summed E-state index contributed by atoms with van der Waals surface area (Å²) in [6, 6.07) is 0. The molecule has 0 aliphatic heterocycles. The lowest BCUT2D eigenvalue weighted by atomic mass is 10.3. The first kappa shape index (κ1) is 12.1. The lowest BCUT2D eigenvalue weighted by Gasteiger charge is -2.08. The second-order valence-corrected chi connectivity index (χ2v) is 4.27. The maximum atomic E-state index is 11.3. The summed E-state index contributed by atoms with van der Waals surface area (Å²) < 4.78 is 11.3. The van der Waals surface area contributed by atoms with Crippen LogP contribution < -0.4 is 5.73 Å². The quantitative estimate of drug-likeness (QED) is 0.612. The molecule has 0 heterocycles. The van der Waals surface area contributed by atoms with Crippen molar-refractivity contribution in [1.82, 2.24) is 0 Å². The molecular weight excluding hydrogens is 194 g/mol. The molecule has 0 aliphatic carbocycles. The van der Waals surface area contributed by atoms with E-state index in [0.29, 0.717) is 6.42 Å². The summed E-state index contributed by atoms with van der Waals surface area (Å²) in [4.78, 5) is 20.8. The Balaban J connectivity index is 4.07. The minimum absolute atomic E-state index is 0.0171. The summed E-state index contributed by atoms with van der Waals surface area (Å²) >= 11 is 0. The van der Waals surface area contributed by atoms with Gasteiger partial charge in [0.1, 0.15) is 5.25 Å². The van der Waals surface area contributed by atoms with Gasteiger partial charge in [0.15, 0.2) is 0 Å². The van der Waals surface area contributed by atoms with Crippen LogP contribution in [0.4, 0.5) is 0 Å². The fourth-order valence-electron chi connectivity index (χ4n) is 0.847. The molecule has 2 unspecified atom stereocenters. The van der Waals surface area contributed by atoms with Crippen molar-refractivity contribution in [3.8, 4) is 0 Å².